The molecule has 1 aromatic heterocycles. The van der Waals surface area contributed by atoms with E-state index in [9.17, 15) is 4.79 Å². The largest absolute Gasteiger partial charge is 0.372 e. The Bertz CT molecular complexity index is 826. The smallest absolute Gasteiger partial charge is 0.255 e. The number of carbonyl (C=O) groups is 1. The second-order valence-corrected chi connectivity index (χ2v) is 8.09. The lowest BCUT2D eigenvalue weighted by Gasteiger charge is -2.36. The first-order valence-corrected chi connectivity index (χ1v) is 10.2. The Labute approximate surface area is 167 Å². The minimum Gasteiger partial charge on any atom is -0.372 e. The number of aryl methyl sites for hydroxylation is 1. The molecular formula is C23H29N3O2. The van der Waals surface area contributed by atoms with Gasteiger partial charge in [-0.25, -0.2) is 4.98 Å². The summed E-state index contributed by atoms with van der Waals surface area (Å²) in [6.45, 7) is 5.81. The number of pyridine rings is 1. The van der Waals surface area contributed by atoms with Crippen LogP contribution in [0.2, 0.25) is 0 Å². The van der Waals surface area contributed by atoms with Crippen molar-refractivity contribution in [3.8, 4) is 0 Å². The van der Waals surface area contributed by atoms with Crippen LogP contribution in [0.1, 0.15) is 54.2 Å². The average molecular weight is 380 g/mol. The molecule has 1 aromatic carbocycles. The monoisotopic (exact) mass is 379 g/mol. The number of hydrogen-bond donors (Lipinski definition) is 0. The molecule has 4 rings (SSSR count). The maximum absolute atomic E-state index is 13.1. The first-order chi connectivity index (χ1) is 13.5. The van der Waals surface area contributed by atoms with Crippen molar-refractivity contribution in [2.45, 2.75) is 51.4 Å². The molecule has 1 amide bonds. The molecule has 3 atom stereocenters. The number of morpholine rings is 1. The Balaban J connectivity index is 1.49. The lowest BCUT2D eigenvalue weighted by Crippen LogP contribution is -2.45. The van der Waals surface area contributed by atoms with Crippen molar-refractivity contribution in [3.63, 3.8) is 0 Å². The van der Waals surface area contributed by atoms with Crippen molar-refractivity contribution in [2.75, 3.05) is 25.0 Å². The summed E-state index contributed by atoms with van der Waals surface area (Å²) in [5, 5.41) is 0. The molecule has 2 heterocycles. The minimum atomic E-state index is 0.0319. The minimum absolute atomic E-state index is 0.0319. The van der Waals surface area contributed by atoms with Crippen LogP contribution in [0.25, 0.3) is 0 Å². The van der Waals surface area contributed by atoms with Crippen molar-refractivity contribution in [1.82, 2.24) is 9.88 Å². The van der Waals surface area contributed by atoms with Gasteiger partial charge in [0.1, 0.15) is 5.82 Å². The molecule has 28 heavy (non-hydrogen) atoms. The quantitative estimate of drug-likeness (QED) is 0.813. The van der Waals surface area contributed by atoms with Crippen LogP contribution in [-0.4, -0.2) is 48.1 Å². The molecule has 1 aliphatic carbocycles. The van der Waals surface area contributed by atoms with Gasteiger partial charge in [-0.05, 0) is 56.4 Å². The highest BCUT2D eigenvalue weighted by Crippen LogP contribution is 2.34. The summed E-state index contributed by atoms with van der Waals surface area (Å²) >= 11 is 0. The van der Waals surface area contributed by atoms with Gasteiger partial charge in [0.2, 0.25) is 0 Å². The highest BCUT2D eigenvalue weighted by Gasteiger charge is 2.28. The molecule has 148 valence electrons. The summed E-state index contributed by atoms with van der Waals surface area (Å²) in [7, 11) is 1.91. The average Bonchev–Trinajstić information content (AvgIpc) is 2.71. The van der Waals surface area contributed by atoms with Crippen molar-refractivity contribution in [2.24, 2.45) is 0 Å². The summed E-state index contributed by atoms with van der Waals surface area (Å²) in [6.07, 6.45) is 5.31. The molecule has 1 saturated heterocycles. The fourth-order valence-corrected chi connectivity index (χ4v) is 4.54. The van der Waals surface area contributed by atoms with Crippen LogP contribution in [-0.2, 0) is 11.2 Å². The third kappa shape index (κ3) is 3.76. The molecule has 0 spiro atoms. The molecule has 0 bridgehead atoms. The first-order valence-electron chi connectivity index (χ1n) is 10.2. The number of amides is 1. The number of benzene rings is 1. The van der Waals surface area contributed by atoms with E-state index < -0.39 is 0 Å². The maximum Gasteiger partial charge on any atom is 0.255 e. The summed E-state index contributed by atoms with van der Waals surface area (Å²) in [5.74, 6) is 0.939. The second kappa shape index (κ2) is 7.92. The summed E-state index contributed by atoms with van der Waals surface area (Å²) < 4.78 is 5.80. The van der Waals surface area contributed by atoms with E-state index in [0.717, 1.165) is 38.2 Å². The summed E-state index contributed by atoms with van der Waals surface area (Å²) in [4.78, 5) is 21.8. The Hall–Kier alpha value is -2.40. The van der Waals surface area contributed by atoms with E-state index in [-0.39, 0.29) is 24.2 Å². The number of aromatic nitrogens is 1. The van der Waals surface area contributed by atoms with E-state index >= 15 is 0 Å². The fourth-order valence-electron chi connectivity index (χ4n) is 4.54. The number of carbonyl (C=O) groups excluding carboxylic acids is 1. The van der Waals surface area contributed by atoms with E-state index in [4.69, 9.17) is 4.74 Å². The van der Waals surface area contributed by atoms with Crippen LogP contribution < -0.4 is 4.90 Å². The second-order valence-electron chi connectivity index (χ2n) is 8.09. The molecule has 0 saturated carbocycles. The Kier molecular flexibility index (Phi) is 5.36. The van der Waals surface area contributed by atoms with Crippen LogP contribution in [0.5, 0.6) is 0 Å². The lowest BCUT2D eigenvalue weighted by molar-refractivity contribution is -0.00546. The zero-order valence-corrected chi connectivity index (χ0v) is 17.0. The lowest BCUT2D eigenvalue weighted by atomic mass is 9.87. The van der Waals surface area contributed by atoms with Gasteiger partial charge in [-0.2, -0.15) is 0 Å². The summed E-state index contributed by atoms with van der Waals surface area (Å²) in [5.41, 5.74) is 3.29. The van der Waals surface area contributed by atoms with Gasteiger partial charge in [0.15, 0.2) is 0 Å². The Morgan fingerprint density at radius 2 is 1.89 bits per heavy atom. The number of nitrogens with zero attached hydrogens (tertiary/aromatic N) is 3. The van der Waals surface area contributed by atoms with E-state index in [1.54, 1.807) is 6.20 Å². The van der Waals surface area contributed by atoms with Crippen molar-refractivity contribution in [1.29, 1.82) is 0 Å². The molecule has 1 fully saturated rings. The maximum atomic E-state index is 13.1. The standard InChI is InChI=1S/C23H29N3O2/c1-16-14-26(15-17(2)28-16)22-12-11-19(13-24-22)23(27)25(3)21-10-6-8-18-7-4-5-9-20(18)21/h4-5,7,9,11-13,16-17,21H,6,8,10,14-15H2,1-3H3/t16-,17-,21+/m1/s1. The van der Waals surface area contributed by atoms with Gasteiger partial charge >= 0.3 is 0 Å². The third-order valence-corrected chi connectivity index (χ3v) is 5.86. The Morgan fingerprint density at radius 1 is 1.14 bits per heavy atom. The van der Waals surface area contributed by atoms with Gasteiger partial charge in [-0.3, -0.25) is 4.79 Å². The third-order valence-electron chi connectivity index (χ3n) is 5.86. The zero-order valence-electron chi connectivity index (χ0n) is 17.0. The highest BCUT2D eigenvalue weighted by molar-refractivity contribution is 5.94. The van der Waals surface area contributed by atoms with Crippen LogP contribution >= 0.6 is 0 Å². The molecule has 5 nitrogen and oxygen atoms in total. The van der Waals surface area contributed by atoms with Crippen LogP contribution in [0.3, 0.4) is 0 Å². The predicted molar refractivity (Wildman–Crippen MR) is 111 cm³/mol. The molecule has 0 unspecified atom stereocenters. The molecule has 2 aliphatic rings. The molecule has 5 heteroatoms. The van der Waals surface area contributed by atoms with Gasteiger partial charge in [0, 0.05) is 26.3 Å². The Morgan fingerprint density at radius 3 is 2.61 bits per heavy atom. The van der Waals surface area contributed by atoms with Gasteiger partial charge in [0.05, 0.1) is 23.8 Å². The van der Waals surface area contributed by atoms with E-state index in [1.807, 2.05) is 24.1 Å². The van der Waals surface area contributed by atoms with E-state index in [0.29, 0.717) is 5.56 Å². The van der Waals surface area contributed by atoms with Crippen molar-refractivity contribution >= 4 is 11.7 Å². The van der Waals surface area contributed by atoms with Gasteiger partial charge in [0.25, 0.3) is 5.91 Å². The first kappa shape index (κ1) is 18.9. The number of fused-ring (bicyclic) bond motifs is 1. The number of hydrogen-bond acceptors (Lipinski definition) is 4. The number of anilines is 1. The van der Waals surface area contributed by atoms with Gasteiger partial charge in [-0.1, -0.05) is 24.3 Å². The van der Waals surface area contributed by atoms with Crippen LogP contribution in [0.4, 0.5) is 5.82 Å². The van der Waals surface area contributed by atoms with E-state index in [1.165, 1.54) is 11.1 Å². The topological polar surface area (TPSA) is 45.7 Å². The number of ether oxygens (including phenoxy) is 1. The number of rotatable bonds is 3. The SMILES string of the molecule is C[C@@H]1CN(c2ccc(C(=O)N(C)[C@H]3CCCc4ccccc43)cn2)C[C@@H](C)O1. The van der Waals surface area contributed by atoms with E-state index in [2.05, 4.69) is 48.0 Å². The van der Waals surface area contributed by atoms with Gasteiger partial charge < -0.3 is 14.5 Å². The van der Waals surface area contributed by atoms with Crippen molar-refractivity contribution < 1.29 is 9.53 Å². The van der Waals surface area contributed by atoms with Gasteiger partial charge in [-0.15, -0.1) is 0 Å². The van der Waals surface area contributed by atoms with Crippen LogP contribution in [0, 0.1) is 0 Å². The molecule has 0 N–H and O–H groups in total. The summed E-state index contributed by atoms with van der Waals surface area (Å²) in [6, 6.07) is 12.5. The van der Waals surface area contributed by atoms with Crippen LogP contribution in [0.15, 0.2) is 42.6 Å². The normalized spacial score (nSPS) is 24.5. The van der Waals surface area contributed by atoms with Crippen molar-refractivity contribution in [3.05, 3.63) is 59.3 Å². The molecule has 2 aromatic rings. The molecular weight excluding hydrogens is 350 g/mol. The molecule has 0 radical (unpaired) electrons. The fraction of sp³-hybridized carbons (Fsp3) is 0.478. The highest BCUT2D eigenvalue weighted by atomic mass is 16.5. The zero-order chi connectivity index (χ0) is 19.7. The predicted octanol–water partition coefficient (Wildman–Crippen LogP) is 3.84. The molecule has 1 aliphatic heterocycles.